The van der Waals surface area contributed by atoms with E-state index in [0.29, 0.717) is 29.2 Å². The summed E-state index contributed by atoms with van der Waals surface area (Å²) in [7, 11) is 2.83. The second-order valence-corrected chi connectivity index (χ2v) is 6.81. The lowest BCUT2D eigenvalue weighted by molar-refractivity contribution is -0.143. The molecule has 0 radical (unpaired) electrons. The first-order valence-electron chi connectivity index (χ1n) is 9.36. The van der Waals surface area contributed by atoms with Gasteiger partial charge in [0.1, 0.15) is 12.7 Å². The lowest BCUT2D eigenvalue weighted by Gasteiger charge is -2.24. The summed E-state index contributed by atoms with van der Waals surface area (Å²) in [6.07, 6.45) is -7.86. The highest BCUT2D eigenvalue weighted by Gasteiger charge is 2.37. The van der Waals surface area contributed by atoms with Crippen LogP contribution in [-0.4, -0.2) is 35.1 Å². The number of carbonyl (C=O) groups excluding carboxylic acids is 1. The summed E-state index contributed by atoms with van der Waals surface area (Å²) in [6, 6.07) is 4.47. The Morgan fingerprint density at radius 1 is 0.912 bits per heavy atom. The van der Waals surface area contributed by atoms with Crippen LogP contribution in [0.25, 0.3) is 0 Å². The van der Waals surface area contributed by atoms with Gasteiger partial charge in [-0.05, 0) is 35.9 Å². The maximum absolute atomic E-state index is 13.1. The second-order valence-electron chi connectivity index (χ2n) is 6.81. The van der Waals surface area contributed by atoms with Gasteiger partial charge in [0.05, 0.1) is 31.9 Å². The topological polar surface area (TPSA) is 81.5 Å². The molecule has 0 spiro atoms. The number of rotatable bonds is 6. The molecular weight excluding hydrogens is 472 g/mol. The normalized spacial score (nSPS) is 11.8. The number of aromatic nitrogens is 3. The molecule has 1 heterocycles. The number of alkyl halides is 6. The van der Waals surface area contributed by atoms with Crippen molar-refractivity contribution in [3.05, 3.63) is 65.7 Å². The molecule has 2 aromatic carbocycles. The zero-order chi connectivity index (χ0) is 25.1. The van der Waals surface area contributed by atoms with Crippen molar-refractivity contribution in [3.63, 3.8) is 0 Å². The van der Waals surface area contributed by atoms with Crippen LogP contribution in [0.4, 0.5) is 36.8 Å². The Morgan fingerprint density at radius 3 is 1.97 bits per heavy atom. The number of halogens is 6. The van der Waals surface area contributed by atoms with Crippen LogP contribution >= 0.6 is 0 Å². The highest BCUT2D eigenvalue weighted by Crippen LogP contribution is 2.37. The number of ether oxygens (including phenoxy) is 2. The van der Waals surface area contributed by atoms with E-state index in [1.165, 1.54) is 14.2 Å². The standard InChI is InChI=1S/C20H17F6N5O3/c1-33-16-4-3-12(5-17(16)34-2)9-31(30-10-27-28-11-30)18(32)29-15-7-13(19(21,22)23)6-14(8-15)20(24,25)26/h3-8,10-11H,9H2,1-2H3,(H,29,32). The summed E-state index contributed by atoms with van der Waals surface area (Å²) in [6.45, 7) is -0.171. The smallest absolute Gasteiger partial charge is 0.416 e. The molecular formula is C20H17F6N5O3. The van der Waals surface area contributed by atoms with Gasteiger partial charge in [-0.1, -0.05) is 6.07 Å². The van der Waals surface area contributed by atoms with Gasteiger partial charge >= 0.3 is 18.4 Å². The zero-order valence-electron chi connectivity index (χ0n) is 17.6. The van der Waals surface area contributed by atoms with E-state index in [0.717, 1.165) is 22.3 Å². The van der Waals surface area contributed by atoms with E-state index in [9.17, 15) is 31.1 Å². The number of hydrogen-bond donors (Lipinski definition) is 1. The Balaban J connectivity index is 1.95. The quantitative estimate of drug-likeness (QED) is 0.508. The molecule has 3 aromatic rings. The first-order valence-corrected chi connectivity index (χ1v) is 9.36. The fraction of sp³-hybridized carbons (Fsp3) is 0.250. The summed E-state index contributed by atoms with van der Waals surface area (Å²) in [5.74, 6) is 0.756. The largest absolute Gasteiger partial charge is 0.493 e. The van der Waals surface area contributed by atoms with Crippen molar-refractivity contribution in [3.8, 4) is 11.5 Å². The molecule has 1 N–H and O–H groups in total. The Labute approximate surface area is 188 Å². The van der Waals surface area contributed by atoms with Crippen LogP contribution < -0.4 is 19.8 Å². The predicted molar refractivity (Wildman–Crippen MR) is 107 cm³/mol. The minimum absolute atomic E-state index is 0.0309. The van der Waals surface area contributed by atoms with Crippen LogP contribution in [0.2, 0.25) is 0 Å². The minimum Gasteiger partial charge on any atom is -0.493 e. The second kappa shape index (κ2) is 9.49. The van der Waals surface area contributed by atoms with E-state index >= 15 is 0 Å². The van der Waals surface area contributed by atoms with E-state index in [1.807, 2.05) is 0 Å². The fourth-order valence-corrected chi connectivity index (χ4v) is 2.95. The number of anilines is 1. The number of carbonyl (C=O) groups is 1. The number of urea groups is 1. The third-order valence-electron chi connectivity index (χ3n) is 4.54. The number of methoxy groups -OCH3 is 2. The molecule has 1 aromatic heterocycles. The van der Waals surface area contributed by atoms with E-state index in [2.05, 4.69) is 15.5 Å². The molecule has 0 saturated heterocycles. The molecule has 0 aliphatic heterocycles. The maximum atomic E-state index is 13.1. The monoisotopic (exact) mass is 489 g/mol. The Hall–Kier alpha value is -3.97. The van der Waals surface area contributed by atoms with Gasteiger partial charge in [-0.3, -0.25) is 0 Å². The predicted octanol–water partition coefficient (Wildman–Crippen LogP) is 4.70. The molecule has 0 atom stereocenters. The first-order chi connectivity index (χ1) is 15.9. The number of amides is 2. The molecule has 2 amide bonds. The number of nitrogens with zero attached hydrogens (tertiary/aromatic N) is 4. The summed E-state index contributed by atoms with van der Waals surface area (Å²) < 4.78 is 90.3. The van der Waals surface area contributed by atoms with Crippen LogP contribution in [0.3, 0.4) is 0 Å². The number of benzene rings is 2. The van der Waals surface area contributed by atoms with Gasteiger partial charge in [-0.25, -0.2) is 14.5 Å². The van der Waals surface area contributed by atoms with E-state index in [4.69, 9.17) is 9.47 Å². The van der Waals surface area contributed by atoms with Crippen LogP contribution in [0.1, 0.15) is 16.7 Å². The molecule has 8 nitrogen and oxygen atoms in total. The van der Waals surface area contributed by atoms with Gasteiger partial charge in [-0.2, -0.15) is 26.3 Å². The Kier molecular flexibility index (Phi) is 6.88. The lowest BCUT2D eigenvalue weighted by Crippen LogP contribution is -2.42. The van der Waals surface area contributed by atoms with Crippen molar-refractivity contribution in [2.45, 2.75) is 18.9 Å². The van der Waals surface area contributed by atoms with Crippen molar-refractivity contribution < 1.29 is 40.6 Å². The van der Waals surface area contributed by atoms with Gasteiger partial charge in [0.25, 0.3) is 0 Å². The zero-order valence-corrected chi connectivity index (χ0v) is 17.6. The van der Waals surface area contributed by atoms with Gasteiger partial charge in [0.2, 0.25) is 0 Å². The van der Waals surface area contributed by atoms with Crippen LogP contribution in [0, 0.1) is 0 Å². The Bertz CT molecular complexity index is 1120. The molecule has 0 bridgehead atoms. The summed E-state index contributed by atoms with van der Waals surface area (Å²) in [4.78, 5) is 12.9. The third kappa shape index (κ3) is 5.68. The lowest BCUT2D eigenvalue weighted by atomic mass is 10.1. The molecule has 34 heavy (non-hydrogen) atoms. The van der Waals surface area contributed by atoms with Gasteiger partial charge in [0.15, 0.2) is 11.5 Å². The summed E-state index contributed by atoms with van der Waals surface area (Å²) in [5, 5.41) is 10.2. The molecule has 14 heteroatoms. The van der Waals surface area contributed by atoms with Crippen LogP contribution in [-0.2, 0) is 18.9 Å². The van der Waals surface area contributed by atoms with Crippen molar-refractivity contribution >= 4 is 11.7 Å². The van der Waals surface area contributed by atoms with Crippen LogP contribution in [0.15, 0.2) is 49.1 Å². The molecule has 0 fully saturated rings. The van der Waals surface area contributed by atoms with E-state index in [1.54, 1.807) is 18.2 Å². The van der Waals surface area contributed by atoms with Crippen LogP contribution in [0.5, 0.6) is 11.5 Å². The highest BCUT2D eigenvalue weighted by molar-refractivity contribution is 5.96. The molecule has 3 rings (SSSR count). The van der Waals surface area contributed by atoms with Crippen molar-refractivity contribution in [1.82, 2.24) is 14.9 Å². The van der Waals surface area contributed by atoms with E-state index in [-0.39, 0.29) is 12.6 Å². The average Bonchev–Trinajstić information content (AvgIpc) is 3.30. The third-order valence-corrected chi connectivity index (χ3v) is 4.54. The Morgan fingerprint density at radius 2 is 1.47 bits per heavy atom. The van der Waals surface area contributed by atoms with Crippen molar-refractivity contribution in [2.75, 3.05) is 24.5 Å². The van der Waals surface area contributed by atoms with Crippen molar-refractivity contribution in [2.24, 2.45) is 0 Å². The average molecular weight is 489 g/mol. The molecule has 0 aliphatic rings. The maximum Gasteiger partial charge on any atom is 0.416 e. The fourth-order valence-electron chi connectivity index (χ4n) is 2.95. The first kappa shape index (κ1) is 24.7. The molecule has 182 valence electrons. The van der Waals surface area contributed by atoms with Gasteiger partial charge < -0.3 is 14.8 Å². The van der Waals surface area contributed by atoms with Gasteiger partial charge in [-0.15, -0.1) is 10.2 Å². The highest BCUT2D eigenvalue weighted by atomic mass is 19.4. The molecule has 0 unspecified atom stereocenters. The van der Waals surface area contributed by atoms with Gasteiger partial charge in [0, 0.05) is 5.69 Å². The number of hydrogen-bond acceptors (Lipinski definition) is 5. The van der Waals surface area contributed by atoms with E-state index < -0.39 is 35.2 Å². The molecule has 0 saturated carbocycles. The minimum atomic E-state index is -5.06. The number of nitrogens with one attached hydrogen (secondary N) is 1. The summed E-state index contributed by atoms with van der Waals surface area (Å²) >= 11 is 0. The summed E-state index contributed by atoms with van der Waals surface area (Å²) in [5.41, 5.74) is -3.32. The molecule has 0 aliphatic carbocycles. The SMILES string of the molecule is COc1ccc(CN(C(=O)Nc2cc(C(F)(F)F)cc(C(F)(F)F)c2)n2cnnc2)cc1OC. The van der Waals surface area contributed by atoms with Crippen molar-refractivity contribution in [1.29, 1.82) is 0 Å².